The van der Waals surface area contributed by atoms with Crippen molar-refractivity contribution in [2.24, 2.45) is 0 Å². The number of anilines is 1. The van der Waals surface area contributed by atoms with Crippen molar-refractivity contribution in [2.75, 3.05) is 25.1 Å². The van der Waals surface area contributed by atoms with Crippen LogP contribution in [0.3, 0.4) is 0 Å². The summed E-state index contributed by atoms with van der Waals surface area (Å²) < 4.78 is 7.29. The van der Waals surface area contributed by atoms with Gasteiger partial charge < -0.3 is 14.2 Å². The lowest BCUT2D eigenvalue weighted by molar-refractivity contribution is 0.394. The normalized spacial score (nSPS) is 14.4. The highest BCUT2D eigenvalue weighted by molar-refractivity contribution is 5.48. The lowest BCUT2D eigenvalue weighted by atomic mass is 10.1. The average Bonchev–Trinajstić information content (AvgIpc) is 3.18. The third-order valence-corrected chi connectivity index (χ3v) is 4.47. The largest absolute Gasteiger partial charge is 0.480 e. The number of aromatic nitrogens is 6. The summed E-state index contributed by atoms with van der Waals surface area (Å²) in [5.41, 5.74) is 0.892. The molecule has 0 N–H and O–H groups in total. The Morgan fingerprint density at radius 3 is 2.58 bits per heavy atom. The van der Waals surface area contributed by atoms with E-state index in [4.69, 9.17) is 4.74 Å². The molecule has 1 aliphatic rings. The molecule has 8 nitrogen and oxygen atoms in total. The molecule has 1 fully saturated rings. The lowest BCUT2D eigenvalue weighted by Gasteiger charge is -2.29. The van der Waals surface area contributed by atoms with Gasteiger partial charge in [-0.05, 0) is 25.3 Å². The summed E-state index contributed by atoms with van der Waals surface area (Å²) in [6.07, 6.45) is 12.4. The Kier molecular flexibility index (Phi) is 4.72. The van der Waals surface area contributed by atoms with E-state index in [2.05, 4.69) is 29.8 Å². The summed E-state index contributed by atoms with van der Waals surface area (Å²) in [5, 5.41) is 0. The molecule has 0 aliphatic carbocycles. The van der Waals surface area contributed by atoms with Gasteiger partial charge in [0.15, 0.2) is 17.5 Å². The highest BCUT2D eigenvalue weighted by atomic mass is 16.5. The minimum absolute atomic E-state index is 0.534. The fraction of sp³-hybridized carbons (Fsp3) is 0.389. The van der Waals surface area contributed by atoms with Gasteiger partial charge in [-0.2, -0.15) is 4.98 Å². The molecule has 0 aromatic carbocycles. The van der Waals surface area contributed by atoms with Crippen LogP contribution in [0.5, 0.6) is 5.88 Å². The van der Waals surface area contributed by atoms with E-state index >= 15 is 0 Å². The average molecular weight is 351 g/mol. The predicted octanol–water partition coefficient (Wildman–Crippen LogP) is 2.18. The Morgan fingerprint density at radius 1 is 1.00 bits per heavy atom. The van der Waals surface area contributed by atoms with E-state index in [9.17, 15) is 0 Å². The van der Waals surface area contributed by atoms with E-state index in [0.717, 1.165) is 24.6 Å². The van der Waals surface area contributed by atoms with Gasteiger partial charge >= 0.3 is 0 Å². The van der Waals surface area contributed by atoms with Crippen molar-refractivity contribution in [2.45, 2.75) is 25.8 Å². The molecule has 1 saturated heterocycles. The molecule has 0 atom stereocenters. The van der Waals surface area contributed by atoms with Crippen molar-refractivity contribution in [1.29, 1.82) is 0 Å². The van der Waals surface area contributed by atoms with Crippen LogP contribution in [0.2, 0.25) is 0 Å². The summed E-state index contributed by atoms with van der Waals surface area (Å²) in [7, 11) is 1.62. The van der Waals surface area contributed by atoms with Crippen LogP contribution in [-0.2, 0) is 6.54 Å². The number of hydrogen-bond donors (Lipinski definition) is 0. The number of methoxy groups -OCH3 is 1. The van der Waals surface area contributed by atoms with Crippen LogP contribution < -0.4 is 9.64 Å². The Morgan fingerprint density at radius 2 is 1.81 bits per heavy atom. The molecule has 26 heavy (non-hydrogen) atoms. The molecular weight excluding hydrogens is 330 g/mol. The van der Waals surface area contributed by atoms with E-state index in [-0.39, 0.29) is 0 Å². The first-order valence-corrected chi connectivity index (χ1v) is 8.78. The maximum absolute atomic E-state index is 5.29. The van der Waals surface area contributed by atoms with Crippen molar-refractivity contribution in [1.82, 2.24) is 29.5 Å². The Balaban J connectivity index is 1.68. The number of piperidine rings is 1. The first-order valence-electron chi connectivity index (χ1n) is 8.78. The standard InChI is InChI=1S/C18H21N7O/c1-26-15-12-22-14(17(23-15)24-9-3-2-4-10-24)13-25-11-8-21-18(25)16-19-6-5-7-20-16/h5-8,11-12H,2-4,9-10,13H2,1H3. The minimum Gasteiger partial charge on any atom is -0.480 e. The van der Waals surface area contributed by atoms with Gasteiger partial charge in [0.1, 0.15) is 5.69 Å². The molecule has 134 valence electrons. The van der Waals surface area contributed by atoms with Crippen molar-refractivity contribution in [3.05, 3.63) is 42.7 Å². The molecule has 3 aromatic rings. The minimum atomic E-state index is 0.534. The summed E-state index contributed by atoms with van der Waals surface area (Å²) in [4.78, 5) is 24.6. The third-order valence-electron chi connectivity index (χ3n) is 4.47. The van der Waals surface area contributed by atoms with Gasteiger partial charge in [0.2, 0.25) is 5.88 Å². The quantitative estimate of drug-likeness (QED) is 0.697. The van der Waals surface area contributed by atoms with Crippen molar-refractivity contribution >= 4 is 5.82 Å². The summed E-state index contributed by atoms with van der Waals surface area (Å²) >= 11 is 0. The van der Waals surface area contributed by atoms with Crippen LogP contribution in [-0.4, -0.2) is 49.7 Å². The molecule has 0 unspecified atom stereocenters. The highest BCUT2D eigenvalue weighted by Gasteiger charge is 2.19. The second-order valence-electron chi connectivity index (χ2n) is 6.18. The van der Waals surface area contributed by atoms with Crippen LogP contribution in [0.1, 0.15) is 25.0 Å². The molecule has 0 saturated carbocycles. The highest BCUT2D eigenvalue weighted by Crippen LogP contribution is 2.25. The maximum atomic E-state index is 5.29. The molecule has 8 heteroatoms. The predicted molar refractivity (Wildman–Crippen MR) is 97.0 cm³/mol. The number of ether oxygens (including phenoxy) is 1. The summed E-state index contributed by atoms with van der Waals surface area (Å²) in [6.45, 7) is 2.54. The Labute approximate surface area is 151 Å². The van der Waals surface area contributed by atoms with Crippen molar-refractivity contribution in [3.63, 3.8) is 0 Å². The van der Waals surface area contributed by atoms with E-state index < -0.39 is 0 Å². The zero-order valence-electron chi connectivity index (χ0n) is 14.7. The van der Waals surface area contributed by atoms with E-state index in [1.165, 1.54) is 19.3 Å². The molecule has 0 radical (unpaired) electrons. The molecule has 0 bridgehead atoms. The van der Waals surface area contributed by atoms with Gasteiger partial charge in [-0.25, -0.2) is 19.9 Å². The Hall–Kier alpha value is -3.03. The van der Waals surface area contributed by atoms with E-state index in [1.807, 2.05) is 10.8 Å². The SMILES string of the molecule is COc1cnc(Cn2ccnc2-c2ncccn2)c(N2CCCCC2)n1. The fourth-order valence-corrected chi connectivity index (χ4v) is 3.18. The summed E-state index contributed by atoms with van der Waals surface area (Å²) in [6, 6.07) is 1.79. The maximum Gasteiger partial charge on any atom is 0.234 e. The molecule has 0 amide bonds. The smallest absolute Gasteiger partial charge is 0.234 e. The van der Waals surface area contributed by atoms with E-state index in [0.29, 0.717) is 24.1 Å². The van der Waals surface area contributed by atoms with Crippen LogP contribution in [0, 0.1) is 0 Å². The van der Waals surface area contributed by atoms with Gasteiger partial charge in [0.05, 0.1) is 19.9 Å². The van der Waals surface area contributed by atoms with Gasteiger partial charge in [0.25, 0.3) is 0 Å². The Bertz CT molecular complexity index is 859. The zero-order chi connectivity index (χ0) is 17.8. The molecule has 4 heterocycles. The molecule has 0 spiro atoms. The van der Waals surface area contributed by atoms with Crippen LogP contribution in [0.25, 0.3) is 11.6 Å². The van der Waals surface area contributed by atoms with E-state index in [1.54, 1.807) is 38.0 Å². The summed E-state index contributed by atoms with van der Waals surface area (Å²) in [5.74, 6) is 2.73. The van der Waals surface area contributed by atoms with Crippen LogP contribution in [0.15, 0.2) is 37.1 Å². The zero-order valence-corrected chi connectivity index (χ0v) is 14.7. The van der Waals surface area contributed by atoms with Crippen LogP contribution >= 0.6 is 0 Å². The van der Waals surface area contributed by atoms with Crippen LogP contribution in [0.4, 0.5) is 5.82 Å². The molecule has 3 aromatic heterocycles. The first-order chi connectivity index (χ1) is 12.8. The number of hydrogen-bond acceptors (Lipinski definition) is 7. The van der Waals surface area contributed by atoms with Gasteiger partial charge in [-0.3, -0.25) is 0 Å². The number of rotatable bonds is 5. The lowest BCUT2D eigenvalue weighted by Crippen LogP contribution is -2.31. The second kappa shape index (κ2) is 7.47. The number of nitrogens with zero attached hydrogens (tertiary/aromatic N) is 7. The molecule has 1 aliphatic heterocycles. The molecular formula is C18H21N7O. The third kappa shape index (κ3) is 3.35. The number of imidazole rings is 1. The van der Waals surface area contributed by atoms with Gasteiger partial charge in [-0.1, -0.05) is 0 Å². The molecule has 4 rings (SSSR count). The first kappa shape index (κ1) is 16.4. The monoisotopic (exact) mass is 351 g/mol. The van der Waals surface area contributed by atoms with Gasteiger partial charge in [0, 0.05) is 37.9 Å². The topological polar surface area (TPSA) is 81.8 Å². The van der Waals surface area contributed by atoms with Crippen molar-refractivity contribution in [3.8, 4) is 17.5 Å². The van der Waals surface area contributed by atoms with Crippen molar-refractivity contribution < 1.29 is 4.74 Å². The second-order valence-corrected chi connectivity index (χ2v) is 6.18. The van der Waals surface area contributed by atoms with Gasteiger partial charge in [-0.15, -0.1) is 0 Å². The fourth-order valence-electron chi connectivity index (χ4n) is 3.18.